The maximum Gasteiger partial charge on any atom is 0.274 e. The Morgan fingerprint density at radius 2 is 1.88 bits per heavy atom. The number of carbonyl (C=O) groups excluding carboxylic acids is 1. The Labute approximate surface area is 149 Å². The van der Waals surface area contributed by atoms with E-state index in [1.807, 2.05) is 49.7 Å². The fourth-order valence-electron chi connectivity index (χ4n) is 3.29. The van der Waals surface area contributed by atoms with E-state index in [0.29, 0.717) is 18.2 Å². The summed E-state index contributed by atoms with van der Waals surface area (Å²) in [6, 6.07) is 3.91. The third-order valence-electron chi connectivity index (χ3n) is 4.99. The van der Waals surface area contributed by atoms with Gasteiger partial charge in [-0.2, -0.15) is 10.2 Å². The number of aryl methyl sites for hydroxylation is 4. The molecule has 2 heterocycles. The van der Waals surface area contributed by atoms with Crippen LogP contribution in [0, 0.1) is 19.8 Å². The first-order chi connectivity index (χ1) is 11.9. The summed E-state index contributed by atoms with van der Waals surface area (Å²) >= 11 is 0. The fraction of sp³-hybridized carbons (Fsp3) is 0.526. The van der Waals surface area contributed by atoms with E-state index in [-0.39, 0.29) is 5.91 Å². The molecule has 0 fully saturated rings. The van der Waals surface area contributed by atoms with Crippen molar-refractivity contribution in [2.45, 2.75) is 39.7 Å². The highest BCUT2D eigenvalue weighted by Gasteiger charge is 2.24. The van der Waals surface area contributed by atoms with Crippen molar-refractivity contribution in [2.24, 2.45) is 20.0 Å². The number of hydrogen-bond acceptors (Lipinski definition) is 3. The van der Waals surface area contributed by atoms with E-state index in [4.69, 9.17) is 0 Å². The molecule has 2 aromatic rings. The number of rotatable bonds is 5. The minimum Gasteiger partial charge on any atom is -0.331 e. The van der Waals surface area contributed by atoms with Crippen LogP contribution in [0.1, 0.15) is 46.8 Å². The molecule has 1 atom stereocenters. The quantitative estimate of drug-likeness (QED) is 0.786. The largest absolute Gasteiger partial charge is 0.331 e. The molecule has 0 spiro atoms. The zero-order valence-electron chi connectivity index (χ0n) is 15.6. The minimum absolute atomic E-state index is 0.0124. The summed E-state index contributed by atoms with van der Waals surface area (Å²) < 4.78 is 3.60. The predicted octanol–water partition coefficient (Wildman–Crippen LogP) is 2.77. The zero-order valence-corrected chi connectivity index (χ0v) is 15.6. The third kappa shape index (κ3) is 4.00. The van der Waals surface area contributed by atoms with Crippen LogP contribution in [-0.4, -0.2) is 36.9 Å². The van der Waals surface area contributed by atoms with Crippen LogP contribution >= 0.6 is 0 Å². The Bertz CT molecular complexity index is 747. The molecule has 0 N–H and O–H groups in total. The van der Waals surface area contributed by atoms with Crippen molar-refractivity contribution >= 4 is 5.91 Å². The molecule has 0 bridgehead atoms. The normalized spacial score (nSPS) is 17.0. The minimum atomic E-state index is -0.0124. The molecule has 0 aromatic carbocycles. The van der Waals surface area contributed by atoms with Crippen LogP contribution < -0.4 is 0 Å². The summed E-state index contributed by atoms with van der Waals surface area (Å²) in [7, 11) is 3.80. The van der Waals surface area contributed by atoms with E-state index >= 15 is 0 Å². The van der Waals surface area contributed by atoms with Crippen molar-refractivity contribution in [3.8, 4) is 0 Å². The maximum absolute atomic E-state index is 13.1. The number of hydrogen-bond donors (Lipinski definition) is 0. The van der Waals surface area contributed by atoms with Crippen LogP contribution in [0.15, 0.2) is 24.3 Å². The summed E-state index contributed by atoms with van der Waals surface area (Å²) in [5.74, 6) is 0.491. The lowest BCUT2D eigenvalue weighted by Gasteiger charge is -2.27. The van der Waals surface area contributed by atoms with Gasteiger partial charge in [-0.1, -0.05) is 12.2 Å². The Balaban J connectivity index is 1.81. The van der Waals surface area contributed by atoms with Crippen molar-refractivity contribution < 1.29 is 4.79 Å². The van der Waals surface area contributed by atoms with Crippen LogP contribution in [0.3, 0.4) is 0 Å². The Morgan fingerprint density at radius 1 is 1.16 bits per heavy atom. The second-order valence-electron chi connectivity index (χ2n) is 7.03. The molecule has 6 heteroatoms. The fourth-order valence-corrected chi connectivity index (χ4v) is 3.29. The van der Waals surface area contributed by atoms with E-state index < -0.39 is 0 Å². The van der Waals surface area contributed by atoms with Gasteiger partial charge in [0.05, 0.1) is 12.2 Å². The highest BCUT2D eigenvalue weighted by Crippen LogP contribution is 2.21. The number of allylic oxidation sites excluding steroid dienone is 2. The van der Waals surface area contributed by atoms with Crippen molar-refractivity contribution in [3.63, 3.8) is 0 Å². The average Bonchev–Trinajstić information content (AvgIpc) is 3.09. The molecular formula is C19H27N5O. The van der Waals surface area contributed by atoms with Gasteiger partial charge < -0.3 is 4.90 Å². The predicted molar refractivity (Wildman–Crippen MR) is 97.1 cm³/mol. The van der Waals surface area contributed by atoms with Crippen LogP contribution in [0.25, 0.3) is 0 Å². The molecule has 0 aliphatic heterocycles. The van der Waals surface area contributed by atoms with E-state index in [9.17, 15) is 4.79 Å². The van der Waals surface area contributed by atoms with Crippen molar-refractivity contribution in [2.75, 3.05) is 6.54 Å². The van der Waals surface area contributed by atoms with Crippen molar-refractivity contribution in [1.29, 1.82) is 0 Å². The van der Waals surface area contributed by atoms with Crippen LogP contribution in [0.5, 0.6) is 0 Å². The van der Waals surface area contributed by atoms with Crippen LogP contribution in [-0.2, 0) is 20.6 Å². The summed E-state index contributed by atoms with van der Waals surface area (Å²) in [5.41, 5.74) is 3.51. The van der Waals surface area contributed by atoms with Gasteiger partial charge in [0.25, 0.3) is 5.91 Å². The van der Waals surface area contributed by atoms with Crippen molar-refractivity contribution in [3.05, 3.63) is 47.1 Å². The highest BCUT2D eigenvalue weighted by atomic mass is 16.2. The Morgan fingerprint density at radius 3 is 2.44 bits per heavy atom. The zero-order chi connectivity index (χ0) is 18.0. The number of amides is 1. The second-order valence-corrected chi connectivity index (χ2v) is 7.03. The number of aromatic nitrogens is 4. The molecule has 134 valence electrons. The lowest BCUT2D eigenvalue weighted by molar-refractivity contribution is 0.0700. The topological polar surface area (TPSA) is 56.0 Å². The third-order valence-corrected chi connectivity index (χ3v) is 4.99. The SMILES string of the molecule is Cc1cc(CN(CC2CC=CCC2)C(=O)c2cc(C)n(C)n2)nn1C. The standard InChI is InChI=1S/C19H27N5O/c1-14-10-17(20-22(14)3)13-24(12-16-8-6-5-7-9-16)19(25)18-11-15(2)23(4)21-18/h5-6,10-11,16H,7-9,12-13H2,1-4H3. The molecule has 0 radical (unpaired) electrons. The molecule has 2 aromatic heterocycles. The summed E-state index contributed by atoms with van der Waals surface area (Å²) in [6.45, 7) is 5.25. The summed E-state index contributed by atoms with van der Waals surface area (Å²) in [6.07, 6.45) is 7.71. The molecule has 1 unspecified atom stereocenters. The lowest BCUT2D eigenvalue weighted by atomic mass is 9.94. The molecule has 25 heavy (non-hydrogen) atoms. The van der Waals surface area contributed by atoms with Crippen molar-refractivity contribution in [1.82, 2.24) is 24.5 Å². The van der Waals surface area contributed by atoms with E-state index in [0.717, 1.165) is 42.9 Å². The Kier molecular flexibility index (Phi) is 5.06. The molecule has 1 amide bonds. The summed E-state index contributed by atoms with van der Waals surface area (Å²) in [5, 5.41) is 8.90. The highest BCUT2D eigenvalue weighted by molar-refractivity contribution is 5.92. The van der Waals surface area contributed by atoms with Gasteiger partial charge in [0, 0.05) is 32.0 Å². The molecule has 1 aliphatic rings. The molecular weight excluding hydrogens is 314 g/mol. The Hall–Kier alpha value is -2.37. The first-order valence-corrected chi connectivity index (χ1v) is 8.88. The van der Waals surface area contributed by atoms with E-state index in [1.54, 1.807) is 4.68 Å². The van der Waals surface area contributed by atoms with E-state index in [1.165, 1.54) is 0 Å². The van der Waals surface area contributed by atoms with Gasteiger partial charge in [-0.3, -0.25) is 14.2 Å². The maximum atomic E-state index is 13.1. The van der Waals surface area contributed by atoms with Gasteiger partial charge in [0.2, 0.25) is 0 Å². The van der Waals surface area contributed by atoms with Gasteiger partial charge >= 0.3 is 0 Å². The van der Waals surface area contributed by atoms with Gasteiger partial charge in [-0.25, -0.2) is 0 Å². The van der Waals surface area contributed by atoms with Gasteiger partial charge in [-0.15, -0.1) is 0 Å². The monoisotopic (exact) mass is 341 g/mol. The number of nitrogens with zero attached hydrogens (tertiary/aromatic N) is 5. The van der Waals surface area contributed by atoms with Crippen LogP contribution in [0.4, 0.5) is 0 Å². The van der Waals surface area contributed by atoms with Crippen LogP contribution in [0.2, 0.25) is 0 Å². The number of carbonyl (C=O) groups is 1. The molecule has 3 rings (SSSR count). The van der Waals surface area contributed by atoms with E-state index in [2.05, 4.69) is 22.3 Å². The summed E-state index contributed by atoms with van der Waals surface area (Å²) in [4.78, 5) is 15.0. The molecule has 1 aliphatic carbocycles. The average molecular weight is 341 g/mol. The van der Waals surface area contributed by atoms with Gasteiger partial charge in [0.1, 0.15) is 0 Å². The lowest BCUT2D eigenvalue weighted by Crippen LogP contribution is -2.35. The molecule has 0 saturated carbocycles. The van der Waals surface area contributed by atoms with Gasteiger partial charge in [0.15, 0.2) is 5.69 Å². The molecule has 0 saturated heterocycles. The smallest absolute Gasteiger partial charge is 0.274 e. The van der Waals surface area contributed by atoms with Gasteiger partial charge in [-0.05, 0) is 51.2 Å². The first kappa shape index (κ1) is 17.5. The second kappa shape index (κ2) is 7.25. The molecule has 6 nitrogen and oxygen atoms in total. The first-order valence-electron chi connectivity index (χ1n) is 8.88.